The molecular weight excluding hydrogens is 464 g/mol. The summed E-state index contributed by atoms with van der Waals surface area (Å²) in [5, 5.41) is 0.763. The van der Waals surface area contributed by atoms with E-state index in [1.165, 1.54) is 5.56 Å². The number of halogens is 1. The smallest absolute Gasteiger partial charge is 0.260 e. The first-order valence-electron chi connectivity index (χ1n) is 10.6. The topological polar surface area (TPSA) is 58.6 Å². The minimum absolute atomic E-state index is 0. The number of benzene rings is 2. The summed E-state index contributed by atoms with van der Waals surface area (Å²) in [5.74, 6) is -0.0133. The third-order valence-corrected chi connectivity index (χ3v) is 7.51. The Labute approximate surface area is 201 Å². The van der Waals surface area contributed by atoms with E-state index in [9.17, 15) is 4.79 Å². The minimum Gasteiger partial charge on any atom is -0.379 e. The molecule has 0 bridgehead atoms. The van der Waals surface area contributed by atoms with E-state index in [2.05, 4.69) is 35.0 Å². The number of anilines is 1. The van der Waals surface area contributed by atoms with Gasteiger partial charge in [0.2, 0.25) is 0 Å². The quantitative estimate of drug-likeness (QED) is 0.387. The number of nitrogens with zero attached hydrogens (tertiary/aromatic N) is 4. The lowest BCUT2D eigenvalue weighted by atomic mass is 10.1. The van der Waals surface area contributed by atoms with Crippen molar-refractivity contribution in [3.8, 4) is 0 Å². The second-order valence-electron chi connectivity index (χ2n) is 7.56. The summed E-state index contributed by atoms with van der Waals surface area (Å²) in [6, 6.07) is 12.0. The second kappa shape index (κ2) is 10.2. The molecule has 1 amide bonds. The summed E-state index contributed by atoms with van der Waals surface area (Å²) < 4.78 is 7.62. The van der Waals surface area contributed by atoms with Crippen molar-refractivity contribution in [1.29, 1.82) is 0 Å². The zero-order valence-corrected chi connectivity index (χ0v) is 20.3. The van der Waals surface area contributed by atoms with Gasteiger partial charge in [0.25, 0.3) is 5.91 Å². The van der Waals surface area contributed by atoms with Crippen molar-refractivity contribution in [3.63, 3.8) is 0 Å². The monoisotopic (exact) mass is 488 g/mol. The zero-order valence-electron chi connectivity index (χ0n) is 17.8. The fraction of sp³-hybridized carbons (Fsp3) is 0.348. The number of carbonyl (C=O) groups excluding carboxylic acids is 1. The molecule has 32 heavy (non-hydrogen) atoms. The van der Waals surface area contributed by atoms with Crippen molar-refractivity contribution in [2.75, 3.05) is 44.3 Å². The molecule has 0 aliphatic carbocycles. The molecule has 9 heteroatoms. The molecular formula is C23H25ClN4O2S2. The number of morpholine rings is 1. The molecule has 0 spiro atoms. The maximum atomic E-state index is 13.6. The Morgan fingerprint density at radius 2 is 2.03 bits per heavy atom. The third-order valence-electron chi connectivity index (χ3n) is 5.67. The summed E-state index contributed by atoms with van der Waals surface area (Å²) in [7, 11) is 0. The van der Waals surface area contributed by atoms with Gasteiger partial charge >= 0.3 is 0 Å². The largest absolute Gasteiger partial charge is 0.379 e. The van der Waals surface area contributed by atoms with Gasteiger partial charge in [-0.2, -0.15) is 0 Å². The van der Waals surface area contributed by atoms with Crippen molar-refractivity contribution in [2.24, 2.45) is 0 Å². The van der Waals surface area contributed by atoms with Gasteiger partial charge in [-0.15, -0.1) is 23.7 Å². The number of para-hydroxylation sites is 1. The molecule has 0 N–H and O–H groups in total. The molecule has 6 nitrogen and oxygen atoms in total. The summed E-state index contributed by atoms with van der Waals surface area (Å²) >= 11 is 3.15. The number of aryl methyl sites for hydroxylation is 1. The SMILES string of the molecule is CCc1cccc2sc(N(CCN3CCOCC3)C(=O)c3ccc4ncsc4c3)nc12.Cl. The molecule has 2 aromatic heterocycles. The van der Waals surface area contributed by atoms with Crippen LogP contribution in [-0.2, 0) is 11.2 Å². The van der Waals surface area contributed by atoms with Crippen LogP contribution >= 0.6 is 35.1 Å². The first-order chi connectivity index (χ1) is 15.2. The van der Waals surface area contributed by atoms with Crippen LogP contribution in [0.5, 0.6) is 0 Å². The lowest BCUT2D eigenvalue weighted by Gasteiger charge is -2.29. The predicted octanol–water partition coefficient (Wildman–Crippen LogP) is 4.87. The molecule has 5 rings (SSSR count). The van der Waals surface area contributed by atoms with E-state index in [0.29, 0.717) is 12.1 Å². The van der Waals surface area contributed by atoms with Crippen LogP contribution in [0, 0.1) is 0 Å². The number of carbonyl (C=O) groups is 1. The molecule has 1 aliphatic rings. The Morgan fingerprint density at radius 3 is 2.84 bits per heavy atom. The van der Waals surface area contributed by atoms with Gasteiger partial charge in [0, 0.05) is 31.7 Å². The Kier molecular flexibility index (Phi) is 7.37. The number of ether oxygens (including phenoxy) is 1. The average molecular weight is 489 g/mol. The molecule has 0 radical (unpaired) electrons. The van der Waals surface area contributed by atoms with E-state index in [-0.39, 0.29) is 18.3 Å². The van der Waals surface area contributed by atoms with Gasteiger partial charge in [-0.3, -0.25) is 14.6 Å². The van der Waals surface area contributed by atoms with Gasteiger partial charge in [-0.1, -0.05) is 30.4 Å². The number of amides is 1. The third kappa shape index (κ3) is 4.65. The summed E-state index contributed by atoms with van der Waals surface area (Å²) in [4.78, 5) is 27.1. The number of thiazole rings is 2. The Hall–Kier alpha value is -2.10. The van der Waals surface area contributed by atoms with Crippen LogP contribution in [0.3, 0.4) is 0 Å². The van der Waals surface area contributed by atoms with E-state index < -0.39 is 0 Å². The Bertz CT molecular complexity index is 1220. The molecule has 1 aliphatic heterocycles. The van der Waals surface area contributed by atoms with E-state index in [1.54, 1.807) is 22.7 Å². The summed E-state index contributed by atoms with van der Waals surface area (Å²) in [6.07, 6.45) is 0.921. The molecule has 0 unspecified atom stereocenters. The van der Waals surface area contributed by atoms with E-state index in [4.69, 9.17) is 9.72 Å². The number of hydrogen-bond acceptors (Lipinski definition) is 7. The molecule has 0 atom stereocenters. The average Bonchev–Trinajstić information content (AvgIpc) is 3.46. The Morgan fingerprint density at radius 1 is 1.19 bits per heavy atom. The van der Waals surface area contributed by atoms with Crippen molar-refractivity contribution in [3.05, 3.63) is 53.0 Å². The van der Waals surface area contributed by atoms with Gasteiger partial charge < -0.3 is 4.74 Å². The summed E-state index contributed by atoms with van der Waals surface area (Å²) in [6.45, 7) is 6.83. The van der Waals surface area contributed by atoms with Crippen molar-refractivity contribution in [1.82, 2.24) is 14.9 Å². The van der Waals surface area contributed by atoms with Crippen LogP contribution in [0.2, 0.25) is 0 Å². The fourth-order valence-electron chi connectivity index (χ4n) is 3.89. The highest BCUT2D eigenvalue weighted by Gasteiger charge is 2.23. The maximum Gasteiger partial charge on any atom is 0.260 e. The lowest BCUT2D eigenvalue weighted by Crippen LogP contribution is -2.43. The van der Waals surface area contributed by atoms with Crippen LogP contribution in [0.15, 0.2) is 41.9 Å². The van der Waals surface area contributed by atoms with Crippen molar-refractivity contribution in [2.45, 2.75) is 13.3 Å². The maximum absolute atomic E-state index is 13.6. The number of aromatic nitrogens is 2. The van der Waals surface area contributed by atoms with Gasteiger partial charge in [0.05, 0.1) is 39.2 Å². The molecule has 2 aromatic carbocycles. The van der Waals surface area contributed by atoms with Crippen LogP contribution in [-0.4, -0.2) is 60.2 Å². The van der Waals surface area contributed by atoms with Crippen LogP contribution in [0.4, 0.5) is 5.13 Å². The minimum atomic E-state index is -0.0133. The van der Waals surface area contributed by atoms with E-state index in [0.717, 1.165) is 64.8 Å². The molecule has 1 saturated heterocycles. The number of rotatable bonds is 6. The molecule has 4 aromatic rings. The van der Waals surface area contributed by atoms with E-state index in [1.807, 2.05) is 28.6 Å². The molecule has 0 saturated carbocycles. The second-order valence-corrected chi connectivity index (χ2v) is 9.45. The fourth-order valence-corrected chi connectivity index (χ4v) is 5.64. The van der Waals surface area contributed by atoms with Crippen LogP contribution in [0.1, 0.15) is 22.8 Å². The standard InChI is InChI=1S/C23H24N4O2S2.ClH/c1-2-16-4-3-5-19-21(16)25-23(31-19)27(9-8-26-10-12-29-13-11-26)22(28)17-6-7-18-20(14-17)30-15-24-18;/h3-7,14-15H,2,8-13H2,1H3;1H. The molecule has 3 heterocycles. The predicted molar refractivity (Wildman–Crippen MR) is 135 cm³/mol. The number of fused-ring (bicyclic) bond motifs is 2. The van der Waals surface area contributed by atoms with Crippen molar-refractivity contribution >= 4 is 66.6 Å². The van der Waals surface area contributed by atoms with Crippen LogP contribution in [0.25, 0.3) is 20.4 Å². The number of hydrogen-bond donors (Lipinski definition) is 0. The normalized spacial score (nSPS) is 14.5. The van der Waals surface area contributed by atoms with Gasteiger partial charge in [0.15, 0.2) is 5.13 Å². The highest BCUT2D eigenvalue weighted by Crippen LogP contribution is 2.32. The first-order valence-corrected chi connectivity index (χ1v) is 12.3. The van der Waals surface area contributed by atoms with Gasteiger partial charge in [-0.25, -0.2) is 9.97 Å². The van der Waals surface area contributed by atoms with Crippen molar-refractivity contribution < 1.29 is 9.53 Å². The molecule has 1 fully saturated rings. The first kappa shape index (κ1) is 23.1. The van der Waals surface area contributed by atoms with E-state index >= 15 is 0 Å². The highest BCUT2D eigenvalue weighted by atomic mass is 35.5. The summed E-state index contributed by atoms with van der Waals surface area (Å²) in [5.41, 5.74) is 5.64. The molecule has 168 valence electrons. The van der Waals surface area contributed by atoms with Gasteiger partial charge in [-0.05, 0) is 36.2 Å². The Balaban J connectivity index is 0.00000245. The zero-order chi connectivity index (χ0) is 21.2. The highest BCUT2D eigenvalue weighted by molar-refractivity contribution is 7.22. The lowest BCUT2D eigenvalue weighted by molar-refractivity contribution is 0.0391. The van der Waals surface area contributed by atoms with Gasteiger partial charge in [0.1, 0.15) is 0 Å². The van der Waals surface area contributed by atoms with Crippen LogP contribution < -0.4 is 4.90 Å².